The summed E-state index contributed by atoms with van der Waals surface area (Å²) >= 11 is 0. The molecule has 0 spiro atoms. The molecule has 0 atom stereocenters. The van der Waals surface area contributed by atoms with Gasteiger partial charge in [-0.25, -0.2) is 4.90 Å². The van der Waals surface area contributed by atoms with E-state index < -0.39 is 0 Å². The van der Waals surface area contributed by atoms with Crippen molar-refractivity contribution in [3.8, 4) is 0 Å². The van der Waals surface area contributed by atoms with E-state index >= 15 is 0 Å². The molecule has 0 unspecified atom stereocenters. The summed E-state index contributed by atoms with van der Waals surface area (Å²) in [6.45, 7) is 9.14. The van der Waals surface area contributed by atoms with Gasteiger partial charge in [0.1, 0.15) is 5.70 Å². The summed E-state index contributed by atoms with van der Waals surface area (Å²) in [6, 6.07) is 23.6. The van der Waals surface area contributed by atoms with E-state index in [9.17, 15) is 9.59 Å². The van der Waals surface area contributed by atoms with Crippen LogP contribution in [0.3, 0.4) is 0 Å². The lowest BCUT2D eigenvalue weighted by Gasteiger charge is -2.25. The Morgan fingerprint density at radius 3 is 2.12 bits per heavy atom. The van der Waals surface area contributed by atoms with Crippen molar-refractivity contribution in [1.82, 2.24) is 4.90 Å². The number of benzene rings is 3. The number of anilines is 1. The number of hydrogen-bond donors (Lipinski definition) is 0. The average molecular weight is 425 g/mol. The summed E-state index contributed by atoms with van der Waals surface area (Å²) in [5.41, 5.74) is 6.53. The number of imide groups is 1. The number of hydrogen-bond acceptors (Lipinski definition) is 3. The Kier molecular flexibility index (Phi) is 5.95. The number of carbonyl (C=O) groups is 2. The number of likely N-dealkylation sites (N-methyl/N-ethyl adjacent to an activating group) is 1. The molecule has 0 aliphatic carbocycles. The van der Waals surface area contributed by atoms with Crippen LogP contribution in [0.25, 0.3) is 5.57 Å². The van der Waals surface area contributed by atoms with Crippen LogP contribution in [0.4, 0.5) is 5.69 Å². The van der Waals surface area contributed by atoms with Crippen LogP contribution < -0.4 is 4.90 Å². The largest absolute Gasteiger partial charge is 0.362 e. The van der Waals surface area contributed by atoms with Gasteiger partial charge in [0.25, 0.3) is 11.8 Å². The van der Waals surface area contributed by atoms with Crippen molar-refractivity contribution in [1.29, 1.82) is 0 Å². The third-order valence-electron chi connectivity index (χ3n) is 6.13. The molecule has 0 saturated carbocycles. The maximum atomic E-state index is 13.8. The SMILES string of the molecule is CCN(Cc1ccccc1)C1=C(c2ccc(C)cc2)C(=O)N(c2cccc(C)c2C)C1=O. The zero-order valence-electron chi connectivity index (χ0n) is 19.1. The van der Waals surface area contributed by atoms with Crippen LogP contribution in [-0.4, -0.2) is 23.3 Å². The molecule has 1 aliphatic heterocycles. The van der Waals surface area contributed by atoms with E-state index in [1.807, 2.05) is 105 Å². The average Bonchev–Trinajstić information content (AvgIpc) is 3.05. The van der Waals surface area contributed by atoms with Gasteiger partial charge in [-0.1, -0.05) is 72.3 Å². The lowest BCUT2D eigenvalue weighted by atomic mass is 10.0. The van der Waals surface area contributed by atoms with Crippen LogP contribution in [0.2, 0.25) is 0 Å². The van der Waals surface area contributed by atoms with E-state index in [-0.39, 0.29) is 11.8 Å². The Bertz CT molecular complexity index is 1190. The Labute approximate surface area is 189 Å². The van der Waals surface area contributed by atoms with Crippen LogP contribution in [0, 0.1) is 20.8 Å². The molecule has 4 rings (SSSR count). The number of aryl methyl sites for hydroxylation is 2. The number of nitrogens with zero attached hydrogens (tertiary/aromatic N) is 2. The van der Waals surface area contributed by atoms with Gasteiger partial charge in [-0.05, 0) is 56.0 Å². The molecule has 3 aromatic rings. The second kappa shape index (κ2) is 8.83. The number of carbonyl (C=O) groups excluding carboxylic acids is 2. The van der Waals surface area contributed by atoms with Gasteiger partial charge in [0.2, 0.25) is 0 Å². The summed E-state index contributed by atoms with van der Waals surface area (Å²) in [5.74, 6) is -0.536. The zero-order valence-corrected chi connectivity index (χ0v) is 19.1. The topological polar surface area (TPSA) is 40.6 Å². The van der Waals surface area contributed by atoms with Gasteiger partial charge in [0.15, 0.2) is 0 Å². The molecule has 0 fully saturated rings. The molecule has 1 heterocycles. The van der Waals surface area contributed by atoms with Gasteiger partial charge in [-0.3, -0.25) is 9.59 Å². The van der Waals surface area contributed by atoms with Crippen molar-refractivity contribution < 1.29 is 9.59 Å². The fourth-order valence-corrected chi connectivity index (χ4v) is 4.14. The Morgan fingerprint density at radius 1 is 0.781 bits per heavy atom. The summed E-state index contributed by atoms with van der Waals surface area (Å²) in [6.07, 6.45) is 0. The highest BCUT2D eigenvalue weighted by Crippen LogP contribution is 2.37. The van der Waals surface area contributed by atoms with E-state index in [0.717, 1.165) is 27.8 Å². The van der Waals surface area contributed by atoms with E-state index in [1.165, 1.54) is 4.90 Å². The predicted octanol–water partition coefficient (Wildman–Crippen LogP) is 5.42. The highest BCUT2D eigenvalue weighted by atomic mass is 16.2. The molecular formula is C28H28N2O2. The highest BCUT2D eigenvalue weighted by Gasteiger charge is 2.42. The molecule has 0 saturated heterocycles. The fraction of sp³-hybridized carbons (Fsp3) is 0.214. The summed E-state index contributed by atoms with van der Waals surface area (Å²) in [5, 5.41) is 0. The van der Waals surface area contributed by atoms with Crippen LogP contribution in [-0.2, 0) is 16.1 Å². The first-order valence-corrected chi connectivity index (χ1v) is 11.0. The first-order valence-electron chi connectivity index (χ1n) is 11.0. The van der Waals surface area contributed by atoms with Crippen molar-refractivity contribution >= 4 is 23.1 Å². The molecule has 0 N–H and O–H groups in total. The van der Waals surface area contributed by atoms with Crippen molar-refractivity contribution in [3.05, 3.63) is 106 Å². The van der Waals surface area contributed by atoms with E-state index in [2.05, 4.69) is 0 Å². The second-order valence-corrected chi connectivity index (χ2v) is 8.25. The molecule has 32 heavy (non-hydrogen) atoms. The minimum atomic E-state index is -0.269. The van der Waals surface area contributed by atoms with Crippen LogP contribution in [0.15, 0.2) is 78.5 Å². The zero-order chi connectivity index (χ0) is 22.8. The lowest BCUT2D eigenvalue weighted by molar-refractivity contribution is -0.120. The van der Waals surface area contributed by atoms with Crippen LogP contribution in [0.5, 0.6) is 0 Å². The van der Waals surface area contributed by atoms with Crippen molar-refractivity contribution in [2.24, 2.45) is 0 Å². The third kappa shape index (κ3) is 3.84. The van der Waals surface area contributed by atoms with Gasteiger partial charge in [-0.2, -0.15) is 0 Å². The van der Waals surface area contributed by atoms with Gasteiger partial charge >= 0.3 is 0 Å². The fourth-order valence-electron chi connectivity index (χ4n) is 4.14. The van der Waals surface area contributed by atoms with Crippen molar-refractivity contribution in [3.63, 3.8) is 0 Å². The lowest BCUT2D eigenvalue weighted by Crippen LogP contribution is -2.35. The molecule has 2 amide bonds. The van der Waals surface area contributed by atoms with E-state index in [1.54, 1.807) is 0 Å². The summed E-state index contributed by atoms with van der Waals surface area (Å²) in [7, 11) is 0. The monoisotopic (exact) mass is 424 g/mol. The first kappa shape index (κ1) is 21.6. The minimum absolute atomic E-state index is 0.267. The smallest absolute Gasteiger partial charge is 0.282 e. The maximum absolute atomic E-state index is 13.8. The Balaban J connectivity index is 1.86. The minimum Gasteiger partial charge on any atom is -0.362 e. The normalized spacial score (nSPS) is 13.8. The molecule has 0 bridgehead atoms. The van der Waals surface area contributed by atoms with E-state index in [4.69, 9.17) is 0 Å². The van der Waals surface area contributed by atoms with Crippen LogP contribution >= 0.6 is 0 Å². The predicted molar refractivity (Wildman–Crippen MR) is 129 cm³/mol. The molecule has 0 radical (unpaired) electrons. The standard InChI is InChI=1S/C28H28N2O2/c1-5-29(18-22-11-7-6-8-12-22)26-25(23-16-14-19(2)15-17-23)27(31)30(28(26)32)24-13-9-10-20(3)21(24)4/h6-17H,5,18H2,1-4H3. The quantitative estimate of drug-likeness (QED) is 0.496. The van der Waals surface area contributed by atoms with Gasteiger partial charge < -0.3 is 4.90 Å². The summed E-state index contributed by atoms with van der Waals surface area (Å²) < 4.78 is 0. The van der Waals surface area contributed by atoms with Crippen molar-refractivity contribution in [2.45, 2.75) is 34.2 Å². The molecule has 4 heteroatoms. The highest BCUT2D eigenvalue weighted by molar-refractivity contribution is 6.45. The first-order chi connectivity index (χ1) is 15.4. The number of rotatable bonds is 6. The Hall–Kier alpha value is -3.66. The van der Waals surface area contributed by atoms with Gasteiger partial charge in [-0.15, -0.1) is 0 Å². The maximum Gasteiger partial charge on any atom is 0.282 e. The molecule has 4 nitrogen and oxygen atoms in total. The molecule has 1 aliphatic rings. The van der Waals surface area contributed by atoms with Crippen molar-refractivity contribution in [2.75, 3.05) is 11.4 Å². The van der Waals surface area contributed by atoms with Gasteiger partial charge in [0.05, 0.1) is 11.3 Å². The molecular weight excluding hydrogens is 396 g/mol. The molecule has 3 aromatic carbocycles. The molecule has 162 valence electrons. The Morgan fingerprint density at radius 2 is 1.47 bits per heavy atom. The van der Waals surface area contributed by atoms with Crippen LogP contribution in [0.1, 0.15) is 34.7 Å². The number of amides is 2. The molecule has 0 aromatic heterocycles. The third-order valence-corrected chi connectivity index (χ3v) is 6.13. The van der Waals surface area contributed by atoms with E-state index in [0.29, 0.717) is 30.0 Å². The second-order valence-electron chi connectivity index (χ2n) is 8.25. The van der Waals surface area contributed by atoms with Gasteiger partial charge in [0, 0.05) is 13.1 Å². The summed E-state index contributed by atoms with van der Waals surface area (Å²) in [4.78, 5) is 31.0.